The summed E-state index contributed by atoms with van der Waals surface area (Å²) in [5.41, 5.74) is 2.10. The highest BCUT2D eigenvalue weighted by Gasteiger charge is 2.21. The van der Waals surface area contributed by atoms with Gasteiger partial charge in [0, 0.05) is 30.2 Å². The lowest BCUT2D eigenvalue weighted by molar-refractivity contribution is 0.252. The van der Waals surface area contributed by atoms with Gasteiger partial charge in [0.15, 0.2) is 0 Å². The van der Waals surface area contributed by atoms with Crippen molar-refractivity contribution in [1.29, 1.82) is 0 Å². The van der Waals surface area contributed by atoms with Crippen LogP contribution in [-0.2, 0) is 0 Å². The van der Waals surface area contributed by atoms with Gasteiger partial charge in [-0.2, -0.15) is 0 Å². The minimum absolute atomic E-state index is 0.120. The number of hydrogen-bond donors (Lipinski definition) is 3. The molecular weight excluding hydrogens is 280 g/mol. The Bertz CT molecular complexity index is 688. The van der Waals surface area contributed by atoms with Gasteiger partial charge in [-0.1, -0.05) is 24.3 Å². The van der Waals surface area contributed by atoms with Crippen LogP contribution >= 0.6 is 0 Å². The summed E-state index contributed by atoms with van der Waals surface area (Å²) in [5, 5.41) is 8.25. The fourth-order valence-corrected chi connectivity index (χ4v) is 2.28. The van der Waals surface area contributed by atoms with Crippen LogP contribution in [0.4, 0.5) is 26.7 Å². The van der Waals surface area contributed by atoms with E-state index >= 15 is 0 Å². The van der Waals surface area contributed by atoms with E-state index < -0.39 is 0 Å². The SMILES string of the molecule is O=C(Nc1ccccc1)Nc1cccc(N2CCNC2=O)c1. The van der Waals surface area contributed by atoms with Gasteiger partial charge in [0.05, 0.1) is 0 Å². The number of benzene rings is 2. The van der Waals surface area contributed by atoms with Gasteiger partial charge in [0.2, 0.25) is 0 Å². The number of carbonyl (C=O) groups excluding carboxylic acids is 2. The highest BCUT2D eigenvalue weighted by molar-refractivity contribution is 6.00. The Kier molecular flexibility index (Phi) is 3.91. The molecule has 1 heterocycles. The third kappa shape index (κ3) is 3.17. The Labute approximate surface area is 128 Å². The number of carbonyl (C=O) groups is 2. The first-order valence-corrected chi connectivity index (χ1v) is 7.01. The van der Waals surface area contributed by atoms with Crippen molar-refractivity contribution in [3.8, 4) is 0 Å². The van der Waals surface area contributed by atoms with Crippen LogP contribution in [0.25, 0.3) is 0 Å². The van der Waals surface area contributed by atoms with Crippen molar-refractivity contribution in [2.24, 2.45) is 0 Å². The summed E-state index contributed by atoms with van der Waals surface area (Å²) in [6.07, 6.45) is 0. The molecule has 1 fully saturated rings. The molecule has 22 heavy (non-hydrogen) atoms. The van der Waals surface area contributed by atoms with E-state index in [4.69, 9.17) is 0 Å². The molecule has 3 N–H and O–H groups in total. The molecule has 0 saturated carbocycles. The van der Waals surface area contributed by atoms with E-state index in [2.05, 4.69) is 16.0 Å². The van der Waals surface area contributed by atoms with E-state index in [9.17, 15) is 9.59 Å². The van der Waals surface area contributed by atoms with E-state index in [0.29, 0.717) is 18.8 Å². The van der Waals surface area contributed by atoms with Crippen LogP contribution in [-0.4, -0.2) is 25.2 Å². The van der Waals surface area contributed by atoms with Gasteiger partial charge in [-0.05, 0) is 30.3 Å². The van der Waals surface area contributed by atoms with Gasteiger partial charge in [0.1, 0.15) is 0 Å². The Morgan fingerprint density at radius 3 is 2.45 bits per heavy atom. The molecule has 0 spiro atoms. The first kappa shape index (κ1) is 13.9. The largest absolute Gasteiger partial charge is 0.336 e. The van der Waals surface area contributed by atoms with Gasteiger partial charge in [-0.3, -0.25) is 4.90 Å². The van der Waals surface area contributed by atoms with E-state index in [1.165, 1.54) is 0 Å². The normalized spacial score (nSPS) is 13.6. The molecule has 1 aliphatic heterocycles. The van der Waals surface area contributed by atoms with Crippen LogP contribution in [0.2, 0.25) is 0 Å². The molecule has 2 aromatic carbocycles. The third-order valence-electron chi connectivity index (χ3n) is 3.30. The number of para-hydroxylation sites is 1. The van der Waals surface area contributed by atoms with Crippen LogP contribution in [0.3, 0.4) is 0 Å². The standard InChI is InChI=1S/C16H16N4O2/c21-15(18-12-5-2-1-3-6-12)19-13-7-4-8-14(11-13)20-10-9-17-16(20)22/h1-8,11H,9-10H2,(H,17,22)(H2,18,19,21). The summed E-state index contributed by atoms with van der Waals surface area (Å²) in [6, 6.07) is 16.0. The first-order valence-electron chi connectivity index (χ1n) is 7.01. The molecule has 0 aliphatic carbocycles. The van der Waals surface area contributed by atoms with E-state index in [1.54, 1.807) is 23.1 Å². The van der Waals surface area contributed by atoms with Crippen LogP contribution < -0.4 is 20.9 Å². The van der Waals surface area contributed by atoms with Crippen molar-refractivity contribution in [2.75, 3.05) is 28.6 Å². The summed E-state index contributed by atoms with van der Waals surface area (Å²) in [4.78, 5) is 25.3. The fourth-order valence-electron chi connectivity index (χ4n) is 2.28. The topological polar surface area (TPSA) is 73.5 Å². The highest BCUT2D eigenvalue weighted by atomic mass is 16.2. The molecule has 6 heteroatoms. The van der Waals surface area contributed by atoms with Crippen LogP contribution in [0.1, 0.15) is 0 Å². The molecular formula is C16H16N4O2. The summed E-state index contributed by atoms with van der Waals surface area (Å²) in [6.45, 7) is 1.25. The maximum absolute atomic E-state index is 12.0. The zero-order valence-corrected chi connectivity index (χ0v) is 11.9. The number of rotatable bonds is 3. The molecule has 1 saturated heterocycles. The van der Waals surface area contributed by atoms with E-state index in [-0.39, 0.29) is 12.1 Å². The first-order chi connectivity index (χ1) is 10.7. The maximum atomic E-state index is 12.0. The summed E-state index contributed by atoms with van der Waals surface area (Å²) >= 11 is 0. The Morgan fingerprint density at radius 1 is 1.00 bits per heavy atom. The van der Waals surface area contributed by atoms with Gasteiger partial charge < -0.3 is 16.0 Å². The van der Waals surface area contributed by atoms with Crippen molar-refractivity contribution in [1.82, 2.24) is 5.32 Å². The number of nitrogens with one attached hydrogen (secondary N) is 3. The molecule has 0 bridgehead atoms. The monoisotopic (exact) mass is 296 g/mol. The van der Waals surface area contributed by atoms with Gasteiger partial charge in [-0.15, -0.1) is 0 Å². The van der Waals surface area contributed by atoms with E-state index in [1.807, 2.05) is 36.4 Å². The van der Waals surface area contributed by atoms with Crippen LogP contribution in [0.5, 0.6) is 0 Å². The summed E-state index contributed by atoms with van der Waals surface area (Å²) in [5.74, 6) is 0. The predicted molar refractivity (Wildman–Crippen MR) is 86.3 cm³/mol. The second-order valence-electron chi connectivity index (χ2n) is 4.88. The van der Waals surface area contributed by atoms with Crippen molar-refractivity contribution in [3.05, 3.63) is 54.6 Å². The van der Waals surface area contributed by atoms with Gasteiger partial charge in [-0.25, -0.2) is 9.59 Å². The molecule has 1 aliphatic rings. The molecule has 0 atom stereocenters. The number of hydrogen-bond acceptors (Lipinski definition) is 2. The van der Waals surface area contributed by atoms with Crippen LogP contribution in [0.15, 0.2) is 54.6 Å². The quantitative estimate of drug-likeness (QED) is 0.815. The molecule has 3 rings (SSSR count). The second kappa shape index (κ2) is 6.17. The molecule has 6 nitrogen and oxygen atoms in total. The third-order valence-corrected chi connectivity index (χ3v) is 3.30. The Balaban J connectivity index is 1.67. The number of nitrogens with zero attached hydrogens (tertiary/aromatic N) is 1. The van der Waals surface area contributed by atoms with Crippen molar-refractivity contribution >= 4 is 29.1 Å². The van der Waals surface area contributed by atoms with Gasteiger partial charge in [0.25, 0.3) is 0 Å². The number of urea groups is 2. The lowest BCUT2D eigenvalue weighted by Gasteiger charge is -2.15. The molecule has 0 aromatic heterocycles. The zero-order chi connectivity index (χ0) is 15.4. The fraction of sp³-hybridized carbons (Fsp3) is 0.125. The molecule has 2 aromatic rings. The lowest BCUT2D eigenvalue weighted by Crippen LogP contribution is -2.27. The lowest BCUT2D eigenvalue weighted by atomic mass is 10.2. The maximum Gasteiger partial charge on any atom is 0.323 e. The minimum atomic E-state index is -0.325. The molecule has 4 amide bonds. The van der Waals surface area contributed by atoms with Crippen molar-refractivity contribution in [2.45, 2.75) is 0 Å². The predicted octanol–water partition coefficient (Wildman–Crippen LogP) is 2.86. The van der Waals surface area contributed by atoms with Crippen LogP contribution in [0, 0.1) is 0 Å². The average molecular weight is 296 g/mol. The zero-order valence-electron chi connectivity index (χ0n) is 11.9. The van der Waals surface area contributed by atoms with Crippen molar-refractivity contribution < 1.29 is 9.59 Å². The highest BCUT2D eigenvalue weighted by Crippen LogP contribution is 2.21. The number of amides is 4. The Hall–Kier alpha value is -3.02. The van der Waals surface area contributed by atoms with Gasteiger partial charge >= 0.3 is 12.1 Å². The summed E-state index contributed by atoms with van der Waals surface area (Å²) in [7, 11) is 0. The second-order valence-corrected chi connectivity index (χ2v) is 4.88. The van der Waals surface area contributed by atoms with E-state index in [0.717, 1.165) is 11.4 Å². The molecule has 112 valence electrons. The van der Waals surface area contributed by atoms with Crippen molar-refractivity contribution in [3.63, 3.8) is 0 Å². The minimum Gasteiger partial charge on any atom is -0.336 e. The number of anilines is 3. The Morgan fingerprint density at radius 2 is 1.73 bits per heavy atom. The summed E-state index contributed by atoms with van der Waals surface area (Å²) < 4.78 is 0. The molecule has 0 radical (unpaired) electrons. The molecule has 0 unspecified atom stereocenters. The smallest absolute Gasteiger partial charge is 0.323 e. The average Bonchev–Trinajstić information content (AvgIpc) is 2.94.